The Morgan fingerprint density at radius 1 is 1.19 bits per heavy atom. The highest BCUT2D eigenvalue weighted by Gasteiger charge is 2.14. The topological polar surface area (TPSA) is 76.0 Å². The van der Waals surface area contributed by atoms with Gasteiger partial charge >= 0.3 is 0 Å². The SMILES string of the molecule is Cc1cc2c([N+](=O)[O-])c[nH]c(=O)c2cc1C. The average molecular weight is 218 g/mol. The highest BCUT2D eigenvalue weighted by atomic mass is 16.6. The van der Waals surface area contributed by atoms with Crippen molar-refractivity contribution in [3.63, 3.8) is 0 Å². The number of rotatable bonds is 1. The molecule has 2 aromatic rings. The predicted molar refractivity (Wildman–Crippen MR) is 60.7 cm³/mol. The molecule has 2 rings (SSSR count). The van der Waals surface area contributed by atoms with Crippen molar-refractivity contribution in [3.8, 4) is 0 Å². The van der Waals surface area contributed by atoms with Crippen LogP contribution in [-0.2, 0) is 0 Å². The van der Waals surface area contributed by atoms with Crippen LogP contribution in [0.4, 0.5) is 5.69 Å². The Labute approximate surface area is 90.9 Å². The molecule has 0 saturated heterocycles. The van der Waals surface area contributed by atoms with E-state index in [2.05, 4.69) is 4.98 Å². The maximum atomic E-state index is 11.5. The van der Waals surface area contributed by atoms with E-state index in [0.717, 1.165) is 17.3 Å². The number of H-pyrrole nitrogens is 1. The van der Waals surface area contributed by atoms with E-state index in [-0.39, 0.29) is 11.2 Å². The van der Waals surface area contributed by atoms with Crippen LogP contribution >= 0.6 is 0 Å². The summed E-state index contributed by atoms with van der Waals surface area (Å²) >= 11 is 0. The van der Waals surface area contributed by atoms with Crippen LogP contribution in [-0.4, -0.2) is 9.91 Å². The maximum Gasteiger partial charge on any atom is 0.293 e. The van der Waals surface area contributed by atoms with Crippen LogP contribution in [0.15, 0.2) is 23.1 Å². The molecular formula is C11H10N2O3. The molecule has 0 aliphatic heterocycles. The lowest BCUT2D eigenvalue weighted by molar-refractivity contribution is -0.383. The molecule has 0 radical (unpaired) electrons. The number of nitro groups is 1. The van der Waals surface area contributed by atoms with E-state index in [1.54, 1.807) is 12.1 Å². The third-order valence-corrected chi connectivity index (χ3v) is 2.69. The summed E-state index contributed by atoms with van der Waals surface area (Å²) in [6.07, 6.45) is 1.14. The van der Waals surface area contributed by atoms with Crippen molar-refractivity contribution in [3.05, 3.63) is 49.9 Å². The molecule has 1 N–H and O–H groups in total. The summed E-state index contributed by atoms with van der Waals surface area (Å²) in [7, 11) is 0. The summed E-state index contributed by atoms with van der Waals surface area (Å²) in [5.41, 5.74) is 1.50. The lowest BCUT2D eigenvalue weighted by Gasteiger charge is -2.03. The van der Waals surface area contributed by atoms with Gasteiger partial charge in [-0.25, -0.2) is 0 Å². The third kappa shape index (κ3) is 1.46. The van der Waals surface area contributed by atoms with E-state index in [0.29, 0.717) is 10.8 Å². The second-order valence-electron chi connectivity index (χ2n) is 3.74. The molecule has 0 atom stereocenters. The summed E-state index contributed by atoms with van der Waals surface area (Å²) < 4.78 is 0. The number of nitrogens with one attached hydrogen (secondary N) is 1. The molecule has 82 valence electrons. The Balaban J connectivity index is 2.99. The fraction of sp³-hybridized carbons (Fsp3) is 0.182. The molecule has 0 spiro atoms. The first-order valence-corrected chi connectivity index (χ1v) is 4.77. The first-order valence-electron chi connectivity index (χ1n) is 4.77. The van der Waals surface area contributed by atoms with Crippen molar-refractivity contribution in [2.45, 2.75) is 13.8 Å². The Kier molecular flexibility index (Phi) is 2.23. The summed E-state index contributed by atoms with van der Waals surface area (Å²) in [6.45, 7) is 3.73. The summed E-state index contributed by atoms with van der Waals surface area (Å²) in [4.78, 5) is 24.2. The van der Waals surface area contributed by atoms with Crippen molar-refractivity contribution in [1.82, 2.24) is 4.98 Å². The smallest absolute Gasteiger partial charge is 0.293 e. The number of benzene rings is 1. The Morgan fingerprint density at radius 3 is 2.31 bits per heavy atom. The summed E-state index contributed by atoms with van der Waals surface area (Å²) in [5.74, 6) is 0. The van der Waals surface area contributed by atoms with E-state index < -0.39 is 4.92 Å². The predicted octanol–water partition coefficient (Wildman–Crippen LogP) is 2.05. The lowest BCUT2D eigenvalue weighted by Crippen LogP contribution is -2.07. The van der Waals surface area contributed by atoms with Gasteiger partial charge in [-0.15, -0.1) is 0 Å². The fourth-order valence-electron chi connectivity index (χ4n) is 1.66. The van der Waals surface area contributed by atoms with E-state index in [1.807, 2.05) is 13.8 Å². The molecule has 0 amide bonds. The molecule has 0 unspecified atom stereocenters. The van der Waals surface area contributed by atoms with Gasteiger partial charge in [-0.2, -0.15) is 0 Å². The second-order valence-corrected chi connectivity index (χ2v) is 3.74. The van der Waals surface area contributed by atoms with Gasteiger partial charge in [0.25, 0.3) is 11.2 Å². The molecule has 0 saturated carbocycles. The van der Waals surface area contributed by atoms with Crippen molar-refractivity contribution < 1.29 is 4.92 Å². The van der Waals surface area contributed by atoms with Gasteiger partial charge in [-0.3, -0.25) is 14.9 Å². The van der Waals surface area contributed by atoms with Gasteiger partial charge in [0.15, 0.2) is 0 Å². The van der Waals surface area contributed by atoms with Crippen LogP contribution in [0.1, 0.15) is 11.1 Å². The normalized spacial score (nSPS) is 10.6. The number of nitrogens with zero attached hydrogens (tertiary/aromatic N) is 1. The van der Waals surface area contributed by atoms with Gasteiger partial charge < -0.3 is 4.98 Å². The molecule has 5 nitrogen and oxygen atoms in total. The molecule has 0 bridgehead atoms. The van der Waals surface area contributed by atoms with Gasteiger partial charge in [0.2, 0.25) is 0 Å². The number of aromatic nitrogens is 1. The van der Waals surface area contributed by atoms with Crippen LogP contribution in [0.3, 0.4) is 0 Å². The van der Waals surface area contributed by atoms with Crippen molar-refractivity contribution >= 4 is 16.5 Å². The van der Waals surface area contributed by atoms with E-state index in [1.165, 1.54) is 0 Å². The first-order chi connectivity index (χ1) is 7.50. The molecule has 0 fully saturated rings. The number of aryl methyl sites for hydroxylation is 2. The fourth-order valence-corrected chi connectivity index (χ4v) is 1.66. The standard InChI is InChI=1S/C11H10N2O3/c1-6-3-8-9(4-7(6)2)11(14)12-5-10(8)13(15)16/h3-5H,1-2H3,(H,12,14). The largest absolute Gasteiger partial charge is 0.322 e. The van der Waals surface area contributed by atoms with Crippen LogP contribution in [0.5, 0.6) is 0 Å². The molecule has 1 aromatic heterocycles. The highest BCUT2D eigenvalue weighted by Crippen LogP contribution is 2.24. The molecule has 0 aliphatic carbocycles. The summed E-state index contributed by atoms with van der Waals surface area (Å²) in [5, 5.41) is 11.6. The van der Waals surface area contributed by atoms with Crippen molar-refractivity contribution in [2.75, 3.05) is 0 Å². The maximum absolute atomic E-state index is 11.5. The van der Waals surface area contributed by atoms with Crippen molar-refractivity contribution in [1.29, 1.82) is 0 Å². The van der Waals surface area contributed by atoms with E-state index in [4.69, 9.17) is 0 Å². The molecule has 1 aromatic carbocycles. The number of pyridine rings is 1. The zero-order chi connectivity index (χ0) is 11.9. The quantitative estimate of drug-likeness (QED) is 0.587. The summed E-state index contributed by atoms with van der Waals surface area (Å²) in [6, 6.07) is 3.36. The van der Waals surface area contributed by atoms with Crippen LogP contribution in [0.2, 0.25) is 0 Å². The minimum Gasteiger partial charge on any atom is -0.322 e. The number of hydrogen-bond acceptors (Lipinski definition) is 3. The van der Waals surface area contributed by atoms with Crippen LogP contribution < -0.4 is 5.56 Å². The molecule has 16 heavy (non-hydrogen) atoms. The lowest BCUT2D eigenvalue weighted by atomic mass is 10.0. The van der Waals surface area contributed by atoms with Gasteiger partial charge in [0.1, 0.15) is 0 Å². The molecule has 1 heterocycles. The Morgan fingerprint density at radius 2 is 1.75 bits per heavy atom. The van der Waals surface area contributed by atoms with Gasteiger partial charge in [0.05, 0.1) is 21.9 Å². The molecule has 0 aliphatic rings. The molecular weight excluding hydrogens is 208 g/mol. The number of aromatic amines is 1. The zero-order valence-corrected chi connectivity index (χ0v) is 8.90. The monoisotopic (exact) mass is 218 g/mol. The van der Waals surface area contributed by atoms with Gasteiger partial charge in [0, 0.05) is 0 Å². The number of fused-ring (bicyclic) bond motifs is 1. The van der Waals surface area contributed by atoms with E-state index >= 15 is 0 Å². The Bertz CT molecular complexity index is 643. The minimum atomic E-state index is -0.493. The number of hydrogen-bond donors (Lipinski definition) is 1. The van der Waals surface area contributed by atoms with E-state index in [9.17, 15) is 14.9 Å². The van der Waals surface area contributed by atoms with Gasteiger partial charge in [-0.05, 0) is 37.1 Å². The van der Waals surface area contributed by atoms with Gasteiger partial charge in [-0.1, -0.05) is 0 Å². The third-order valence-electron chi connectivity index (χ3n) is 2.69. The minimum absolute atomic E-state index is 0.0716. The van der Waals surface area contributed by atoms with Crippen LogP contribution in [0.25, 0.3) is 10.8 Å². The average Bonchev–Trinajstić information content (AvgIpc) is 2.21. The Hall–Kier alpha value is -2.17. The van der Waals surface area contributed by atoms with Crippen molar-refractivity contribution in [2.24, 2.45) is 0 Å². The first kappa shape index (κ1) is 10.4. The highest BCUT2D eigenvalue weighted by molar-refractivity contribution is 5.90. The molecule has 5 heteroatoms. The van der Waals surface area contributed by atoms with Crippen LogP contribution in [0, 0.1) is 24.0 Å². The second kappa shape index (κ2) is 3.44. The zero-order valence-electron chi connectivity index (χ0n) is 8.90.